The lowest BCUT2D eigenvalue weighted by molar-refractivity contribution is -0.135. The van der Waals surface area contributed by atoms with Crippen LogP contribution in [0.3, 0.4) is 0 Å². The Morgan fingerprint density at radius 1 is 1.53 bits per heavy atom. The average Bonchev–Trinajstić information content (AvgIpc) is 2.76. The Morgan fingerprint density at radius 3 is 3.00 bits per heavy atom. The van der Waals surface area contributed by atoms with Gasteiger partial charge in [0.1, 0.15) is 0 Å². The van der Waals surface area contributed by atoms with Crippen molar-refractivity contribution in [1.29, 1.82) is 0 Å². The summed E-state index contributed by atoms with van der Waals surface area (Å²) >= 11 is 0. The fourth-order valence-electron chi connectivity index (χ4n) is 3.03. The first-order valence-corrected chi connectivity index (χ1v) is 6.91. The maximum absolute atomic E-state index is 12.2. The summed E-state index contributed by atoms with van der Waals surface area (Å²) in [6, 6.07) is -0.148. The molecule has 0 aliphatic carbocycles. The predicted molar refractivity (Wildman–Crippen MR) is 66.6 cm³/mol. The summed E-state index contributed by atoms with van der Waals surface area (Å²) in [5.41, 5.74) is 0. The third-order valence-corrected chi connectivity index (χ3v) is 3.93. The lowest BCUT2D eigenvalue weighted by Gasteiger charge is -2.34. The molecule has 3 unspecified atom stereocenters. The van der Waals surface area contributed by atoms with Crippen LogP contribution < -0.4 is 5.32 Å². The molecule has 3 atom stereocenters. The van der Waals surface area contributed by atoms with Crippen LogP contribution in [-0.4, -0.2) is 47.7 Å². The highest BCUT2D eigenvalue weighted by molar-refractivity contribution is 5.82. The third kappa shape index (κ3) is 3.19. The first kappa shape index (κ1) is 12.8. The van der Waals surface area contributed by atoms with Crippen LogP contribution in [0.5, 0.6) is 0 Å². The number of amides is 1. The molecule has 2 N–H and O–H groups in total. The van der Waals surface area contributed by atoms with E-state index in [0.717, 1.165) is 19.5 Å². The lowest BCUT2D eigenvalue weighted by atomic mass is 9.93. The molecule has 0 radical (unpaired) electrons. The molecule has 4 nitrogen and oxygen atoms in total. The summed E-state index contributed by atoms with van der Waals surface area (Å²) in [5, 5.41) is 12.6. The number of piperidine rings is 1. The van der Waals surface area contributed by atoms with Gasteiger partial charge < -0.3 is 15.3 Å². The Kier molecular flexibility index (Phi) is 4.40. The Hall–Kier alpha value is -0.610. The molecule has 0 aromatic carbocycles. The summed E-state index contributed by atoms with van der Waals surface area (Å²) in [6.07, 6.45) is 5.05. The fourth-order valence-corrected chi connectivity index (χ4v) is 3.03. The molecule has 4 heteroatoms. The molecule has 0 aromatic rings. The second kappa shape index (κ2) is 5.83. The van der Waals surface area contributed by atoms with Gasteiger partial charge in [0.15, 0.2) is 0 Å². The minimum absolute atomic E-state index is 0.148. The minimum Gasteiger partial charge on any atom is -0.392 e. The van der Waals surface area contributed by atoms with Gasteiger partial charge in [0.2, 0.25) is 5.91 Å². The monoisotopic (exact) mass is 240 g/mol. The average molecular weight is 240 g/mol. The first-order valence-electron chi connectivity index (χ1n) is 6.91. The Labute approximate surface area is 103 Å². The van der Waals surface area contributed by atoms with Crippen LogP contribution in [0.4, 0.5) is 0 Å². The van der Waals surface area contributed by atoms with E-state index in [1.54, 1.807) is 0 Å². The zero-order chi connectivity index (χ0) is 12.3. The predicted octanol–water partition coefficient (Wildman–Crippen LogP) is 0.748. The van der Waals surface area contributed by atoms with Crippen LogP contribution in [-0.2, 0) is 4.79 Å². The number of likely N-dealkylation sites (tertiary alicyclic amines) is 1. The van der Waals surface area contributed by atoms with E-state index in [-0.39, 0.29) is 18.1 Å². The number of carbonyl (C=O) groups excluding carboxylic acids is 1. The van der Waals surface area contributed by atoms with Crippen molar-refractivity contribution in [2.24, 2.45) is 5.92 Å². The number of hydrogen-bond acceptors (Lipinski definition) is 3. The third-order valence-electron chi connectivity index (χ3n) is 3.93. The van der Waals surface area contributed by atoms with Crippen molar-refractivity contribution >= 4 is 5.91 Å². The summed E-state index contributed by atoms with van der Waals surface area (Å²) < 4.78 is 0. The number of nitrogens with one attached hydrogen (secondary N) is 1. The van der Waals surface area contributed by atoms with Crippen LogP contribution >= 0.6 is 0 Å². The molecular formula is C13H24N2O2. The van der Waals surface area contributed by atoms with Gasteiger partial charge in [-0.1, -0.05) is 13.3 Å². The van der Waals surface area contributed by atoms with Crippen LogP contribution in [0, 0.1) is 5.92 Å². The van der Waals surface area contributed by atoms with Gasteiger partial charge in [0.05, 0.1) is 12.1 Å². The maximum atomic E-state index is 12.2. The van der Waals surface area contributed by atoms with Crippen LogP contribution in [0.15, 0.2) is 0 Å². The van der Waals surface area contributed by atoms with E-state index < -0.39 is 0 Å². The molecular weight excluding hydrogens is 216 g/mol. The van der Waals surface area contributed by atoms with Crippen molar-refractivity contribution in [1.82, 2.24) is 10.2 Å². The van der Waals surface area contributed by atoms with Gasteiger partial charge in [-0.2, -0.15) is 0 Å². The van der Waals surface area contributed by atoms with E-state index >= 15 is 0 Å². The zero-order valence-electron chi connectivity index (χ0n) is 10.7. The molecule has 0 bridgehead atoms. The quantitative estimate of drug-likeness (QED) is 0.765. The lowest BCUT2D eigenvalue weighted by Crippen LogP contribution is -2.47. The maximum Gasteiger partial charge on any atom is 0.239 e. The topological polar surface area (TPSA) is 52.6 Å². The van der Waals surface area contributed by atoms with Gasteiger partial charge >= 0.3 is 0 Å². The normalized spacial score (nSPS) is 34.0. The smallest absolute Gasteiger partial charge is 0.239 e. The Bertz CT molecular complexity index is 268. The van der Waals surface area contributed by atoms with Crippen molar-refractivity contribution in [2.75, 3.05) is 19.6 Å². The van der Waals surface area contributed by atoms with E-state index in [9.17, 15) is 9.90 Å². The molecule has 2 fully saturated rings. The molecule has 2 saturated heterocycles. The number of aliphatic hydroxyl groups excluding tert-OH is 1. The molecule has 17 heavy (non-hydrogen) atoms. The molecule has 0 aromatic heterocycles. The molecule has 2 aliphatic rings. The van der Waals surface area contributed by atoms with Crippen LogP contribution in [0.2, 0.25) is 0 Å². The second-order valence-corrected chi connectivity index (χ2v) is 5.43. The highest BCUT2D eigenvalue weighted by atomic mass is 16.3. The van der Waals surface area contributed by atoms with Crippen molar-refractivity contribution < 1.29 is 9.90 Å². The van der Waals surface area contributed by atoms with E-state index in [2.05, 4.69) is 12.2 Å². The van der Waals surface area contributed by atoms with Crippen molar-refractivity contribution in [2.45, 2.75) is 51.2 Å². The van der Waals surface area contributed by atoms with Gasteiger partial charge in [-0.25, -0.2) is 0 Å². The number of β-amino-alcohol motifs (C(OH)–C–C–N with tert-alkyl or cyclic N) is 1. The van der Waals surface area contributed by atoms with Crippen molar-refractivity contribution in [3.63, 3.8) is 0 Å². The number of hydrogen-bond donors (Lipinski definition) is 2. The van der Waals surface area contributed by atoms with Crippen LogP contribution in [0.25, 0.3) is 0 Å². The van der Waals surface area contributed by atoms with Crippen molar-refractivity contribution in [3.8, 4) is 0 Å². The van der Waals surface area contributed by atoms with Gasteiger partial charge in [0.25, 0.3) is 0 Å². The molecule has 2 heterocycles. The molecule has 0 spiro atoms. The van der Waals surface area contributed by atoms with Gasteiger partial charge in [-0.15, -0.1) is 0 Å². The summed E-state index contributed by atoms with van der Waals surface area (Å²) in [5.74, 6) is 0.881. The molecule has 98 valence electrons. The highest BCUT2D eigenvalue weighted by Crippen LogP contribution is 2.22. The summed E-state index contributed by atoms with van der Waals surface area (Å²) in [7, 11) is 0. The molecule has 2 aliphatic heterocycles. The summed E-state index contributed by atoms with van der Waals surface area (Å²) in [6.45, 7) is 4.58. The van der Waals surface area contributed by atoms with Gasteiger partial charge in [-0.3, -0.25) is 4.79 Å². The minimum atomic E-state index is -0.347. The largest absolute Gasteiger partial charge is 0.392 e. The standard InChI is InChI=1S/C13H24N2O2/c1-2-4-10-5-3-6-15(9-10)13(17)12-7-11(16)8-14-12/h10-12,14,16H,2-9H2,1H3. The van der Waals surface area contributed by atoms with E-state index in [1.807, 2.05) is 4.90 Å². The Morgan fingerprint density at radius 2 is 2.35 bits per heavy atom. The number of aliphatic hydroxyl groups is 1. The Balaban J connectivity index is 1.86. The van der Waals surface area contributed by atoms with Crippen molar-refractivity contribution in [3.05, 3.63) is 0 Å². The van der Waals surface area contributed by atoms with E-state index in [0.29, 0.717) is 18.9 Å². The SMILES string of the molecule is CCCC1CCCN(C(=O)C2CC(O)CN2)C1. The summed E-state index contributed by atoms with van der Waals surface area (Å²) in [4.78, 5) is 14.2. The first-order chi connectivity index (χ1) is 8.20. The molecule has 0 saturated carbocycles. The van der Waals surface area contributed by atoms with Crippen LogP contribution in [0.1, 0.15) is 39.0 Å². The second-order valence-electron chi connectivity index (χ2n) is 5.43. The molecule has 1 amide bonds. The van der Waals surface area contributed by atoms with Gasteiger partial charge in [-0.05, 0) is 31.6 Å². The molecule has 2 rings (SSSR count). The highest BCUT2D eigenvalue weighted by Gasteiger charge is 2.33. The number of rotatable bonds is 3. The fraction of sp³-hybridized carbons (Fsp3) is 0.923. The van der Waals surface area contributed by atoms with Gasteiger partial charge in [0, 0.05) is 19.6 Å². The number of nitrogens with zero attached hydrogens (tertiary/aromatic N) is 1. The zero-order valence-corrected chi connectivity index (χ0v) is 10.7. The van der Waals surface area contributed by atoms with E-state index in [4.69, 9.17) is 0 Å². The van der Waals surface area contributed by atoms with E-state index in [1.165, 1.54) is 19.3 Å². The number of carbonyl (C=O) groups is 1.